The van der Waals surface area contributed by atoms with Gasteiger partial charge in [-0.1, -0.05) is 147 Å². The molecule has 7 aromatic rings. The lowest BCUT2D eigenvalue weighted by Gasteiger charge is -2.23. The second kappa shape index (κ2) is 10.6. The number of nitrogens with one attached hydrogen (secondary N) is 1. The molecule has 0 aliphatic heterocycles. The van der Waals surface area contributed by atoms with Crippen LogP contribution in [0.2, 0.25) is 0 Å². The Balaban J connectivity index is 1.16. The van der Waals surface area contributed by atoms with Gasteiger partial charge in [0.05, 0.1) is 12.2 Å². The lowest BCUT2D eigenvalue weighted by atomic mass is 9.81. The molecule has 2 atom stereocenters. The van der Waals surface area contributed by atoms with Crippen LogP contribution in [-0.4, -0.2) is 0 Å². The summed E-state index contributed by atoms with van der Waals surface area (Å²) in [5.74, 6) is 0. The van der Waals surface area contributed by atoms with Crippen LogP contribution in [-0.2, 0) is 5.41 Å². The van der Waals surface area contributed by atoms with E-state index in [9.17, 15) is 0 Å². The van der Waals surface area contributed by atoms with Crippen molar-refractivity contribution >= 4 is 27.6 Å². The lowest BCUT2D eigenvalue weighted by Crippen LogP contribution is -2.31. The SMILES string of the molecule is CC1(C)c2cc3ccccc3cc2-c2c(/C=C/C(NC(N)c3ccccc3)c3ccc4c(c3)-c3cccc5cccc-4c35)cccc21. The molecule has 7 aromatic carbocycles. The smallest absolute Gasteiger partial charge is 0.0817 e. The minimum absolute atomic E-state index is 0.0815. The maximum Gasteiger partial charge on any atom is 0.0817 e. The molecule has 0 spiro atoms. The summed E-state index contributed by atoms with van der Waals surface area (Å²) in [6, 6.07) is 50.6. The van der Waals surface area contributed by atoms with Crippen molar-refractivity contribution in [3.05, 3.63) is 173 Å². The van der Waals surface area contributed by atoms with Crippen LogP contribution in [0.3, 0.4) is 0 Å². The Bertz CT molecular complexity index is 2380. The molecular formula is C45H36N2. The molecule has 47 heavy (non-hydrogen) atoms. The zero-order chi connectivity index (χ0) is 31.7. The predicted octanol–water partition coefficient (Wildman–Crippen LogP) is 10.9. The van der Waals surface area contributed by atoms with Crippen LogP contribution in [0.15, 0.2) is 146 Å². The van der Waals surface area contributed by atoms with E-state index >= 15 is 0 Å². The third kappa shape index (κ3) is 4.41. The fourth-order valence-electron chi connectivity index (χ4n) is 8.06. The normalized spacial score (nSPS) is 15.1. The Morgan fingerprint density at radius 1 is 0.553 bits per heavy atom. The molecular weight excluding hydrogens is 569 g/mol. The number of nitrogens with two attached hydrogens (primary N) is 1. The van der Waals surface area contributed by atoms with E-state index in [1.54, 1.807) is 0 Å². The van der Waals surface area contributed by atoms with Gasteiger partial charge in [0.15, 0.2) is 0 Å². The highest BCUT2D eigenvalue weighted by Gasteiger charge is 2.36. The summed E-state index contributed by atoms with van der Waals surface area (Å²) in [6.45, 7) is 4.71. The van der Waals surface area contributed by atoms with E-state index in [0.29, 0.717) is 0 Å². The molecule has 2 heteroatoms. The molecule has 3 N–H and O–H groups in total. The first-order chi connectivity index (χ1) is 23.0. The van der Waals surface area contributed by atoms with Gasteiger partial charge < -0.3 is 5.73 Å². The molecule has 226 valence electrons. The van der Waals surface area contributed by atoms with Crippen molar-refractivity contribution < 1.29 is 0 Å². The Kier molecular flexibility index (Phi) is 6.33. The summed E-state index contributed by atoms with van der Waals surface area (Å²) < 4.78 is 0. The molecule has 0 saturated carbocycles. The first kappa shape index (κ1) is 28.0. The molecule has 0 fully saturated rings. The molecule has 0 saturated heterocycles. The summed E-state index contributed by atoms with van der Waals surface area (Å²) in [4.78, 5) is 0. The number of benzene rings is 7. The van der Waals surface area contributed by atoms with Gasteiger partial charge in [0.2, 0.25) is 0 Å². The first-order valence-corrected chi connectivity index (χ1v) is 16.6. The molecule has 9 rings (SSSR count). The van der Waals surface area contributed by atoms with Crippen molar-refractivity contribution in [2.75, 3.05) is 0 Å². The summed E-state index contributed by atoms with van der Waals surface area (Å²) in [5, 5.41) is 8.97. The van der Waals surface area contributed by atoms with Crippen LogP contribution >= 0.6 is 0 Å². The van der Waals surface area contributed by atoms with Crippen molar-refractivity contribution in [2.24, 2.45) is 5.73 Å². The van der Waals surface area contributed by atoms with Crippen LogP contribution in [0.25, 0.3) is 61.0 Å². The zero-order valence-electron chi connectivity index (χ0n) is 26.7. The average Bonchev–Trinajstić information content (AvgIpc) is 3.55. The van der Waals surface area contributed by atoms with Crippen LogP contribution < -0.4 is 11.1 Å². The van der Waals surface area contributed by atoms with E-state index in [1.165, 1.54) is 77.2 Å². The monoisotopic (exact) mass is 604 g/mol. The van der Waals surface area contributed by atoms with Crippen molar-refractivity contribution in [3.63, 3.8) is 0 Å². The summed E-state index contributed by atoms with van der Waals surface area (Å²) in [6.07, 6.45) is 4.28. The van der Waals surface area contributed by atoms with Gasteiger partial charge in [-0.15, -0.1) is 0 Å². The van der Waals surface area contributed by atoms with Gasteiger partial charge in [-0.25, -0.2) is 0 Å². The number of hydrogen-bond donors (Lipinski definition) is 2. The van der Waals surface area contributed by atoms with Gasteiger partial charge in [-0.3, -0.25) is 5.32 Å². The molecule has 0 aromatic heterocycles. The van der Waals surface area contributed by atoms with Gasteiger partial charge in [0, 0.05) is 5.41 Å². The highest BCUT2D eigenvalue weighted by Crippen LogP contribution is 2.52. The first-order valence-electron chi connectivity index (χ1n) is 16.6. The highest BCUT2D eigenvalue weighted by molar-refractivity contribution is 6.15. The van der Waals surface area contributed by atoms with Crippen LogP contribution in [0, 0.1) is 0 Å². The molecule has 0 bridgehead atoms. The molecule has 0 heterocycles. The van der Waals surface area contributed by atoms with Gasteiger partial charge in [-0.05, 0) is 101 Å². The highest BCUT2D eigenvalue weighted by atomic mass is 15.0. The number of rotatable bonds is 6. The average molecular weight is 605 g/mol. The quantitative estimate of drug-likeness (QED) is 0.185. The maximum absolute atomic E-state index is 6.84. The summed E-state index contributed by atoms with van der Waals surface area (Å²) >= 11 is 0. The third-order valence-corrected chi connectivity index (χ3v) is 10.5. The summed E-state index contributed by atoms with van der Waals surface area (Å²) in [7, 11) is 0. The van der Waals surface area contributed by atoms with Gasteiger partial charge in [0.25, 0.3) is 0 Å². The Labute approximate surface area is 276 Å². The molecule has 0 radical (unpaired) electrons. The minimum atomic E-state index is -0.327. The number of hydrogen-bond acceptors (Lipinski definition) is 2. The van der Waals surface area contributed by atoms with Gasteiger partial charge in [0.1, 0.15) is 0 Å². The van der Waals surface area contributed by atoms with E-state index in [1.807, 2.05) is 18.2 Å². The van der Waals surface area contributed by atoms with Crippen molar-refractivity contribution in [1.29, 1.82) is 0 Å². The van der Waals surface area contributed by atoms with E-state index < -0.39 is 0 Å². The zero-order valence-corrected chi connectivity index (χ0v) is 26.7. The number of fused-ring (bicyclic) bond motifs is 7. The predicted molar refractivity (Wildman–Crippen MR) is 198 cm³/mol. The maximum atomic E-state index is 6.84. The van der Waals surface area contributed by atoms with Crippen LogP contribution in [0.4, 0.5) is 0 Å². The van der Waals surface area contributed by atoms with Gasteiger partial charge in [-0.2, -0.15) is 0 Å². The van der Waals surface area contributed by atoms with Crippen molar-refractivity contribution in [3.8, 4) is 33.4 Å². The Morgan fingerprint density at radius 2 is 1.23 bits per heavy atom. The van der Waals surface area contributed by atoms with Crippen molar-refractivity contribution in [1.82, 2.24) is 5.32 Å². The Hall–Kier alpha value is -5.28. The molecule has 2 unspecified atom stereocenters. The summed E-state index contributed by atoms with van der Waals surface area (Å²) in [5.41, 5.74) is 20.9. The van der Waals surface area contributed by atoms with Crippen LogP contribution in [0.5, 0.6) is 0 Å². The second-order valence-corrected chi connectivity index (χ2v) is 13.5. The molecule has 2 nitrogen and oxygen atoms in total. The van der Waals surface area contributed by atoms with E-state index in [4.69, 9.17) is 5.73 Å². The lowest BCUT2D eigenvalue weighted by molar-refractivity contribution is 0.509. The standard InChI is InChI=1S/C45H36N2/c1-45(2)39-20-10-17-29(43(39)38-25-31-13-6-7-14-32(31)27-40(38)45)22-24-41(47-44(46)30-11-4-3-5-12-30)33-21-23-34-35-18-8-15-28-16-9-19-36(42(28)35)37(34)26-33/h3-27,41,44,47H,46H2,1-2H3/b24-22+. The second-order valence-electron chi connectivity index (χ2n) is 13.5. The molecule has 2 aliphatic rings. The fraction of sp³-hybridized carbons (Fsp3) is 0.111. The van der Waals surface area contributed by atoms with E-state index in [-0.39, 0.29) is 17.6 Å². The molecule has 2 aliphatic carbocycles. The Morgan fingerprint density at radius 3 is 2.02 bits per heavy atom. The fourth-order valence-corrected chi connectivity index (χ4v) is 8.06. The van der Waals surface area contributed by atoms with E-state index in [2.05, 4.69) is 153 Å². The third-order valence-electron chi connectivity index (χ3n) is 10.5. The minimum Gasteiger partial charge on any atom is -0.312 e. The largest absolute Gasteiger partial charge is 0.312 e. The topological polar surface area (TPSA) is 38.0 Å². The van der Waals surface area contributed by atoms with Crippen LogP contribution in [0.1, 0.15) is 53.9 Å². The van der Waals surface area contributed by atoms with Crippen molar-refractivity contribution in [2.45, 2.75) is 31.5 Å². The van der Waals surface area contributed by atoms with E-state index in [0.717, 1.165) is 5.56 Å². The van der Waals surface area contributed by atoms with Gasteiger partial charge >= 0.3 is 0 Å². The molecule has 0 amide bonds.